The molecule has 1 fully saturated rings. The number of nitrogens with two attached hydrogens (primary N) is 1. The van der Waals surface area contributed by atoms with Crippen molar-refractivity contribution in [2.45, 2.75) is 78.0 Å². The summed E-state index contributed by atoms with van der Waals surface area (Å²) in [4.78, 5) is 12.2. The molecule has 0 radical (unpaired) electrons. The van der Waals surface area contributed by atoms with Crippen LogP contribution in [0, 0.1) is 5.41 Å². The first kappa shape index (κ1) is 16.4. The van der Waals surface area contributed by atoms with Crippen LogP contribution in [0.5, 0.6) is 0 Å². The van der Waals surface area contributed by atoms with Gasteiger partial charge in [-0.1, -0.05) is 34.6 Å². The molecule has 2 atom stereocenters. The van der Waals surface area contributed by atoms with Crippen LogP contribution in [-0.2, 0) is 9.53 Å². The highest BCUT2D eigenvalue weighted by Crippen LogP contribution is 2.31. The van der Waals surface area contributed by atoms with Gasteiger partial charge in [-0.2, -0.15) is 0 Å². The molecule has 1 amide bonds. The van der Waals surface area contributed by atoms with Crippen LogP contribution in [0.25, 0.3) is 0 Å². The first-order chi connectivity index (χ1) is 8.74. The highest BCUT2D eigenvalue weighted by Gasteiger charge is 2.36. The van der Waals surface area contributed by atoms with Crippen LogP contribution in [0.2, 0.25) is 0 Å². The molecule has 0 spiro atoms. The van der Waals surface area contributed by atoms with Gasteiger partial charge in [0.2, 0.25) is 5.91 Å². The zero-order chi connectivity index (χ0) is 14.7. The lowest BCUT2D eigenvalue weighted by Gasteiger charge is -2.41. The number of amides is 1. The molecule has 3 N–H and O–H groups in total. The number of hydrogen-bond acceptors (Lipinski definition) is 3. The van der Waals surface area contributed by atoms with Crippen molar-refractivity contribution in [1.29, 1.82) is 0 Å². The van der Waals surface area contributed by atoms with Gasteiger partial charge in [0.25, 0.3) is 0 Å². The van der Waals surface area contributed by atoms with Crippen molar-refractivity contribution in [3.05, 3.63) is 0 Å². The van der Waals surface area contributed by atoms with Gasteiger partial charge in [-0.25, -0.2) is 0 Å². The Morgan fingerprint density at radius 2 is 2.00 bits per heavy atom. The highest BCUT2D eigenvalue weighted by molar-refractivity contribution is 5.82. The number of carbonyl (C=O) groups is 1. The Balaban J connectivity index is 2.60. The Bertz CT molecular complexity index is 306. The summed E-state index contributed by atoms with van der Waals surface area (Å²) in [5, 5.41) is 3.10. The van der Waals surface area contributed by atoms with Gasteiger partial charge in [-0.05, 0) is 31.1 Å². The van der Waals surface area contributed by atoms with E-state index in [1.807, 2.05) is 20.8 Å². The van der Waals surface area contributed by atoms with E-state index in [9.17, 15) is 4.79 Å². The molecule has 4 heteroatoms. The summed E-state index contributed by atoms with van der Waals surface area (Å²) in [6, 6.07) is -0.275. The standard InChI is InChI=1S/C15H30N2O2/c1-6-15(7-2)10-11(8-9-19-15)17-13(18)12(16)14(3,4)5/h11-12H,6-10,16H2,1-5H3,(H,17,18)/t11?,12-/m0/s1. The van der Waals surface area contributed by atoms with Gasteiger partial charge in [0.1, 0.15) is 0 Å². The van der Waals surface area contributed by atoms with Crippen LogP contribution in [0.15, 0.2) is 0 Å². The molecule has 1 saturated heterocycles. The molecule has 0 aromatic carbocycles. The molecule has 0 saturated carbocycles. The van der Waals surface area contributed by atoms with Crippen LogP contribution < -0.4 is 11.1 Å². The van der Waals surface area contributed by atoms with Crippen LogP contribution in [-0.4, -0.2) is 30.2 Å². The monoisotopic (exact) mass is 270 g/mol. The van der Waals surface area contributed by atoms with Crippen molar-refractivity contribution in [1.82, 2.24) is 5.32 Å². The minimum Gasteiger partial charge on any atom is -0.375 e. The molecule has 1 aliphatic heterocycles. The molecule has 4 nitrogen and oxygen atoms in total. The average Bonchev–Trinajstić information content (AvgIpc) is 2.36. The van der Waals surface area contributed by atoms with Gasteiger partial charge in [0.05, 0.1) is 11.6 Å². The third-order valence-corrected chi connectivity index (χ3v) is 4.34. The molecule has 19 heavy (non-hydrogen) atoms. The van der Waals surface area contributed by atoms with E-state index in [-0.39, 0.29) is 23.0 Å². The third-order valence-electron chi connectivity index (χ3n) is 4.34. The Morgan fingerprint density at radius 3 is 2.47 bits per heavy atom. The molecule has 0 aromatic rings. The first-order valence-electron chi connectivity index (χ1n) is 7.44. The van der Waals surface area contributed by atoms with Crippen LogP contribution in [0.1, 0.15) is 60.3 Å². The minimum atomic E-state index is -0.465. The maximum atomic E-state index is 12.2. The second-order valence-electron chi connectivity index (χ2n) is 6.78. The number of carbonyl (C=O) groups excluding carboxylic acids is 1. The second-order valence-corrected chi connectivity index (χ2v) is 6.78. The van der Waals surface area contributed by atoms with E-state index in [1.165, 1.54) is 0 Å². The van der Waals surface area contributed by atoms with Crippen LogP contribution in [0.3, 0.4) is 0 Å². The predicted octanol–water partition coefficient (Wildman–Crippen LogP) is 2.21. The second kappa shape index (κ2) is 6.23. The van der Waals surface area contributed by atoms with Gasteiger partial charge in [-0.3, -0.25) is 4.79 Å². The lowest BCUT2D eigenvalue weighted by molar-refractivity contribution is -0.129. The lowest BCUT2D eigenvalue weighted by atomic mass is 9.84. The summed E-state index contributed by atoms with van der Waals surface area (Å²) in [7, 11) is 0. The molecule has 0 bridgehead atoms. The zero-order valence-electron chi connectivity index (χ0n) is 13.1. The van der Waals surface area contributed by atoms with Gasteiger partial charge in [-0.15, -0.1) is 0 Å². The topological polar surface area (TPSA) is 64.4 Å². The van der Waals surface area contributed by atoms with Gasteiger partial charge in [0.15, 0.2) is 0 Å². The van der Waals surface area contributed by atoms with E-state index < -0.39 is 6.04 Å². The zero-order valence-corrected chi connectivity index (χ0v) is 13.1. The molecule has 1 rings (SSSR count). The van der Waals surface area contributed by atoms with Crippen molar-refractivity contribution < 1.29 is 9.53 Å². The number of nitrogens with one attached hydrogen (secondary N) is 1. The van der Waals surface area contributed by atoms with Crippen molar-refractivity contribution in [3.63, 3.8) is 0 Å². The Labute approximate surface area is 117 Å². The summed E-state index contributed by atoms with van der Waals surface area (Å²) in [6.45, 7) is 11.0. The summed E-state index contributed by atoms with van der Waals surface area (Å²) < 4.78 is 5.92. The average molecular weight is 270 g/mol. The summed E-state index contributed by atoms with van der Waals surface area (Å²) >= 11 is 0. The Kier molecular flexibility index (Phi) is 5.39. The quantitative estimate of drug-likeness (QED) is 0.823. The van der Waals surface area contributed by atoms with E-state index in [4.69, 9.17) is 10.5 Å². The molecule has 1 unspecified atom stereocenters. The fraction of sp³-hybridized carbons (Fsp3) is 0.933. The molecule has 112 valence electrons. The number of hydrogen-bond donors (Lipinski definition) is 2. The smallest absolute Gasteiger partial charge is 0.237 e. The van der Waals surface area contributed by atoms with E-state index in [1.54, 1.807) is 0 Å². The molecule has 1 heterocycles. The van der Waals surface area contributed by atoms with Gasteiger partial charge >= 0.3 is 0 Å². The maximum Gasteiger partial charge on any atom is 0.237 e. The Hall–Kier alpha value is -0.610. The van der Waals surface area contributed by atoms with E-state index in [2.05, 4.69) is 19.2 Å². The Morgan fingerprint density at radius 1 is 1.42 bits per heavy atom. The molecular formula is C15H30N2O2. The van der Waals surface area contributed by atoms with E-state index in [0.29, 0.717) is 0 Å². The molecule has 0 aliphatic carbocycles. The van der Waals surface area contributed by atoms with Crippen LogP contribution >= 0.6 is 0 Å². The maximum absolute atomic E-state index is 12.2. The summed E-state index contributed by atoms with van der Waals surface area (Å²) in [6.07, 6.45) is 3.75. The SMILES string of the molecule is CCC1(CC)CC(NC(=O)[C@H](N)C(C)(C)C)CCO1. The van der Waals surface area contributed by atoms with Crippen molar-refractivity contribution in [2.24, 2.45) is 11.1 Å². The summed E-state index contributed by atoms with van der Waals surface area (Å²) in [5.41, 5.74) is 5.73. The largest absolute Gasteiger partial charge is 0.375 e. The first-order valence-corrected chi connectivity index (χ1v) is 7.44. The number of rotatable bonds is 4. The fourth-order valence-corrected chi connectivity index (χ4v) is 2.58. The molecule has 1 aliphatic rings. The lowest BCUT2D eigenvalue weighted by Crippen LogP contribution is -2.54. The van der Waals surface area contributed by atoms with Crippen molar-refractivity contribution in [2.75, 3.05) is 6.61 Å². The van der Waals surface area contributed by atoms with Gasteiger partial charge < -0.3 is 15.8 Å². The minimum absolute atomic E-state index is 0.0412. The fourth-order valence-electron chi connectivity index (χ4n) is 2.58. The van der Waals surface area contributed by atoms with Crippen molar-refractivity contribution >= 4 is 5.91 Å². The van der Waals surface area contributed by atoms with Crippen LogP contribution in [0.4, 0.5) is 0 Å². The molecule has 0 aromatic heterocycles. The van der Waals surface area contributed by atoms with E-state index in [0.717, 1.165) is 32.3 Å². The summed E-state index contributed by atoms with van der Waals surface area (Å²) in [5.74, 6) is -0.0412. The predicted molar refractivity (Wildman–Crippen MR) is 77.9 cm³/mol. The molecular weight excluding hydrogens is 240 g/mol. The van der Waals surface area contributed by atoms with Crippen molar-refractivity contribution in [3.8, 4) is 0 Å². The highest BCUT2D eigenvalue weighted by atomic mass is 16.5. The normalized spacial score (nSPS) is 24.8. The number of ether oxygens (including phenoxy) is 1. The third kappa shape index (κ3) is 4.18. The van der Waals surface area contributed by atoms with E-state index >= 15 is 0 Å². The van der Waals surface area contributed by atoms with Gasteiger partial charge in [0, 0.05) is 12.6 Å².